The lowest BCUT2D eigenvalue weighted by Gasteiger charge is -2.12. The van der Waals surface area contributed by atoms with E-state index in [2.05, 4.69) is 16.0 Å². The normalized spacial score (nSPS) is 10.2. The fraction of sp³-hybridized carbons (Fsp3) is 0.211. The second-order valence-electron chi connectivity index (χ2n) is 5.90. The first-order valence-electron chi connectivity index (χ1n) is 8.14. The lowest BCUT2D eigenvalue weighted by atomic mass is 10.1. The van der Waals surface area contributed by atoms with E-state index in [1.165, 1.54) is 18.2 Å². The first-order chi connectivity index (χ1) is 12.8. The van der Waals surface area contributed by atoms with Gasteiger partial charge < -0.3 is 16.0 Å². The molecule has 27 heavy (non-hydrogen) atoms. The number of amides is 3. The molecule has 0 aromatic heterocycles. The molecular formula is C19H19Cl2N3O3. The van der Waals surface area contributed by atoms with Gasteiger partial charge in [-0.25, -0.2) is 0 Å². The van der Waals surface area contributed by atoms with Gasteiger partial charge in [-0.3, -0.25) is 14.4 Å². The van der Waals surface area contributed by atoms with Gasteiger partial charge in [0.1, 0.15) is 0 Å². The summed E-state index contributed by atoms with van der Waals surface area (Å²) in [5.74, 6) is -1.31. The maximum absolute atomic E-state index is 12.0. The summed E-state index contributed by atoms with van der Waals surface area (Å²) in [7, 11) is 0. The standard InChI is InChI=1S/C19H19Cl2N3O3/c1-11-4-3-5-12(2)18(11)24-17(26)10-22-16(25)9-23-19(27)13-6-7-14(20)15(21)8-13/h3-8H,9-10H2,1-2H3,(H,22,25)(H,23,27)(H,24,26). The zero-order valence-electron chi connectivity index (χ0n) is 14.9. The van der Waals surface area contributed by atoms with Crippen molar-refractivity contribution in [3.8, 4) is 0 Å². The molecule has 0 unspecified atom stereocenters. The fourth-order valence-electron chi connectivity index (χ4n) is 2.34. The van der Waals surface area contributed by atoms with Gasteiger partial charge in [0.15, 0.2) is 0 Å². The second-order valence-corrected chi connectivity index (χ2v) is 6.72. The summed E-state index contributed by atoms with van der Waals surface area (Å²) in [5.41, 5.74) is 2.88. The molecule has 0 radical (unpaired) electrons. The van der Waals surface area contributed by atoms with Crippen molar-refractivity contribution in [2.75, 3.05) is 18.4 Å². The summed E-state index contributed by atoms with van der Waals surface area (Å²) in [5, 5.41) is 8.26. The lowest BCUT2D eigenvalue weighted by molar-refractivity contribution is -0.123. The van der Waals surface area contributed by atoms with Crippen LogP contribution in [0.1, 0.15) is 21.5 Å². The van der Waals surface area contributed by atoms with E-state index in [9.17, 15) is 14.4 Å². The molecule has 0 aliphatic rings. The molecule has 0 saturated heterocycles. The van der Waals surface area contributed by atoms with E-state index in [0.29, 0.717) is 5.02 Å². The SMILES string of the molecule is Cc1cccc(C)c1NC(=O)CNC(=O)CNC(=O)c1ccc(Cl)c(Cl)c1. The van der Waals surface area contributed by atoms with Crippen molar-refractivity contribution in [3.05, 3.63) is 63.1 Å². The first kappa shape index (κ1) is 20.7. The Labute approximate surface area is 167 Å². The largest absolute Gasteiger partial charge is 0.345 e. The van der Waals surface area contributed by atoms with Gasteiger partial charge in [0.25, 0.3) is 5.91 Å². The Balaban J connectivity index is 1.79. The average molecular weight is 408 g/mol. The predicted octanol–water partition coefficient (Wildman–Crippen LogP) is 3.09. The Bertz CT molecular complexity index is 864. The highest BCUT2D eigenvalue weighted by Gasteiger charge is 2.12. The molecule has 0 atom stereocenters. The van der Waals surface area contributed by atoms with Crippen molar-refractivity contribution in [1.29, 1.82) is 0 Å². The van der Waals surface area contributed by atoms with Crippen LogP contribution in [0.15, 0.2) is 36.4 Å². The number of anilines is 1. The van der Waals surface area contributed by atoms with Crippen LogP contribution in [-0.2, 0) is 9.59 Å². The minimum absolute atomic E-state index is 0.199. The van der Waals surface area contributed by atoms with Crippen LogP contribution in [0.2, 0.25) is 10.0 Å². The number of nitrogens with one attached hydrogen (secondary N) is 3. The molecule has 0 aliphatic carbocycles. The second kappa shape index (κ2) is 9.39. The average Bonchev–Trinajstić information content (AvgIpc) is 2.63. The Kier molecular flexibility index (Phi) is 7.21. The number of hydrogen-bond donors (Lipinski definition) is 3. The third-order valence-electron chi connectivity index (χ3n) is 3.78. The van der Waals surface area contributed by atoms with Crippen LogP contribution in [0.25, 0.3) is 0 Å². The molecule has 3 N–H and O–H groups in total. The summed E-state index contributed by atoms with van der Waals surface area (Å²) < 4.78 is 0. The van der Waals surface area contributed by atoms with Gasteiger partial charge in [-0.15, -0.1) is 0 Å². The molecule has 0 saturated carbocycles. The van der Waals surface area contributed by atoms with E-state index < -0.39 is 11.8 Å². The summed E-state index contributed by atoms with van der Waals surface area (Å²) in [6.07, 6.45) is 0. The number of benzene rings is 2. The van der Waals surface area contributed by atoms with Gasteiger partial charge in [0.2, 0.25) is 11.8 Å². The van der Waals surface area contributed by atoms with Crippen LogP contribution < -0.4 is 16.0 Å². The van der Waals surface area contributed by atoms with Crippen molar-refractivity contribution in [1.82, 2.24) is 10.6 Å². The number of aryl methyl sites for hydroxylation is 2. The summed E-state index contributed by atoms with van der Waals surface area (Å²) in [4.78, 5) is 35.8. The number of carbonyl (C=O) groups excluding carboxylic acids is 3. The van der Waals surface area contributed by atoms with Gasteiger partial charge in [-0.1, -0.05) is 41.4 Å². The van der Waals surface area contributed by atoms with E-state index in [1.807, 2.05) is 32.0 Å². The van der Waals surface area contributed by atoms with Gasteiger partial charge >= 0.3 is 0 Å². The minimum Gasteiger partial charge on any atom is -0.345 e. The van der Waals surface area contributed by atoms with Crippen molar-refractivity contribution in [2.45, 2.75) is 13.8 Å². The van der Waals surface area contributed by atoms with Gasteiger partial charge in [0.05, 0.1) is 23.1 Å². The molecule has 0 fully saturated rings. The molecule has 2 aromatic carbocycles. The van der Waals surface area contributed by atoms with E-state index in [4.69, 9.17) is 23.2 Å². The molecule has 2 aromatic rings. The van der Waals surface area contributed by atoms with E-state index in [1.54, 1.807) is 0 Å². The maximum Gasteiger partial charge on any atom is 0.251 e. The topological polar surface area (TPSA) is 87.3 Å². The number of rotatable bonds is 6. The van der Waals surface area contributed by atoms with Crippen LogP contribution in [0.3, 0.4) is 0 Å². The molecule has 6 nitrogen and oxygen atoms in total. The summed E-state index contributed by atoms with van der Waals surface area (Å²) in [6.45, 7) is 3.31. The third-order valence-corrected chi connectivity index (χ3v) is 4.52. The molecule has 2 rings (SSSR count). The first-order valence-corrected chi connectivity index (χ1v) is 8.89. The Morgan fingerprint density at radius 1 is 0.852 bits per heavy atom. The zero-order chi connectivity index (χ0) is 20.0. The van der Waals surface area contributed by atoms with Crippen LogP contribution >= 0.6 is 23.2 Å². The molecule has 0 heterocycles. The molecule has 142 valence electrons. The van der Waals surface area contributed by atoms with Crippen LogP contribution in [0, 0.1) is 13.8 Å². The molecule has 0 bridgehead atoms. The van der Waals surface area contributed by atoms with Crippen LogP contribution in [0.5, 0.6) is 0 Å². The monoisotopic (exact) mass is 407 g/mol. The van der Waals surface area contributed by atoms with Crippen molar-refractivity contribution in [3.63, 3.8) is 0 Å². The zero-order valence-corrected chi connectivity index (χ0v) is 16.4. The van der Waals surface area contributed by atoms with Crippen LogP contribution in [0.4, 0.5) is 5.69 Å². The predicted molar refractivity (Wildman–Crippen MR) is 106 cm³/mol. The molecule has 0 spiro atoms. The maximum atomic E-state index is 12.0. The molecular weight excluding hydrogens is 389 g/mol. The number of carbonyl (C=O) groups is 3. The highest BCUT2D eigenvalue weighted by molar-refractivity contribution is 6.42. The van der Waals surface area contributed by atoms with Gasteiger partial charge in [-0.05, 0) is 43.2 Å². The Morgan fingerprint density at radius 3 is 2.11 bits per heavy atom. The minimum atomic E-state index is -0.486. The number of halogens is 2. The van der Waals surface area contributed by atoms with E-state index in [-0.39, 0.29) is 29.6 Å². The summed E-state index contributed by atoms with van der Waals surface area (Å²) >= 11 is 11.7. The number of hydrogen-bond acceptors (Lipinski definition) is 3. The van der Waals surface area contributed by atoms with E-state index >= 15 is 0 Å². The third kappa shape index (κ3) is 5.98. The van der Waals surface area contributed by atoms with Gasteiger partial charge in [0, 0.05) is 11.3 Å². The highest BCUT2D eigenvalue weighted by Crippen LogP contribution is 2.22. The van der Waals surface area contributed by atoms with Crippen molar-refractivity contribution in [2.24, 2.45) is 0 Å². The molecule has 0 aliphatic heterocycles. The van der Waals surface area contributed by atoms with Gasteiger partial charge in [-0.2, -0.15) is 0 Å². The molecule has 3 amide bonds. The van der Waals surface area contributed by atoms with Crippen molar-refractivity contribution >= 4 is 46.6 Å². The fourth-order valence-corrected chi connectivity index (χ4v) is 2.63. The number of para-hydroxylation sites is 1. The highest BCUT2D eigenvalue weighted by atomic mass is 35.5. The smallest absolute Gasteiger partial charge is 0.251 e. The molecule has 8 heteroatoms. The quantitative estimate of drug-likeness (QED) is 0.687. The summed E-state index contributed by atoms with van der Waals surface area (Å²) in [6, 6.07) is 10.1. The van der Waals surface area contributed by atoms with Crippen molar-refractivity contribution < 1.29 is 14.4 Å². The lowest BCUT2D eigenvalue weighted by Crippen LogP contribution is -2.40. The Morgan fingerprint density at radius 2 is 1.48 bits per heavy atom. The van der Waals surface area contributed by atoms with Crippen LogP contribution in [-0.4, -0.2) is 30.8 Å². The van der Waals surface area contributed by atoms with E-state index in [0.717, 1.165) is 16.8 Å². The Hall–Kier alpha value is -2.57.